The van der Waals surface area contributed by atoms with Gasteiger partial charge >= 0.3 is 0 Å². The lowest BCUT2D eigenvalue weighted by atomic mass is 10.2. The summed E-state index contributed by atoms with van der Waals surface area (Å²) in [7, 11) is 0. The SMILES string of the molecule is OCc1cnn(Cc2ccccc2F)c1Cl. The van der Waals surface area contributed by atoms with Gasteiger partial charge in [-0.15, -0.1) is 0 Å². The van der Waals surface area contributed by atoms with Gasteiger partial charge in [0.2, 0.25) is 0 Å². The Bertz CT molecular complexity index is 498. The number of hydrogen-bond donors (Lipinski definition) is 1. The fourth-order valence-corrected chi connectivity index (χ4v) is 1.63. The van der Waals surface area contributed by atoms with Crippen molar-refractivity contribution >= 4 is 11.6 Å². The molecule has 1 N–H and O–H groups in total. The zero-order valence-electron chi connectivity index (χ0n) is 8.40. The summed E-state index contributed by atoms with van der Waals surface area (Å²) in [6, 6.07) is 6.44. The maximum atomic E-state index is 13.4. The lowest BCUT2D eigenvalue weighted by Gasteiger charge is -2.04. The number of aliphatic hydroxyl groups excluding tert-OH is 1. The van der Waals surface area contributed by atoms with Gasteiger partial charge in [0.05, 0.1) is 19.3 Å². The van der Waals surface area contributed by atoms with Crippen molar-refractivity contribution < 1.29 is 9.50 Å². The Hall–Kier alpha value is -1.39. The molecule has 0 aliphatic rings. The zero-order chi connectivity index (χ0) is 11.5. The number of nitrogens with zero attached hydrogens (tertiary/aromatic N) is 2. The van der Waals surface area contributed by atoms with Crippen LogP contribution in [0.5, 0.6) is 0 Å². The average molecular weight is 241 g/mol. The lowest BCUT2D eigenvalue weighted by Crippen LogP contribution is -2.03. The highest BCUT2D eigenvalue weighted by atomic mass is 35.5. The van der Waals surface area contributed by atoms with Crippen molar-refractivity contribution in [1.29, 1.82) is 0 Å². The molecular formula is C11H10ClFN2O. The molecule has 16 heavy (non-hydrogen) atoms. The molecule has 0 unspecified atom stereocenters. The molecule has 0 aliphatic carbocycles. The highest BCUT2D eigenvalue weighted by molar-refractivity contribution is 6.30. The normalized spacial score (nSPS) is 10.7. The molecule has 0 atom stereocenters. The molecule has 0 fully saturated rings. The van der Waals surface area contributed by atoms with Crippen molar-refractivity contribution in [2.24, 2.45) is 0 Å². The summed E-state index contributed by atoms with van der Waals surface area (Å²) in [6.07, 6.45) is 1.48. The molecule has 1 aromatic carbocycles. The van der Waals surface area contributed by atoms with Gasteiger partial charge in [-0.05, 0) is 6.07 Å². The maximum absolute atomic E-state index is 13.4. The maximum Gasteiger partial charge on any atom is 0.132 e. The average Bonchev–Trinajstić information content (AvgIpc) is 2.63. The molecule has 0 aliphatic heterocycles. The first kappa shape index (κ1) is 11.1. The molecule has 5 heteroatoms. The van der Waals surface area contributed by atoms with Gasteiger partial charge < -0.3 is 5.11 Å². The molecule has 0 saturated carbocycles. The van der Waals surface area contributed by atoms with E-state index in [2.05, 4.69) is 5.10 Å². The molecule has 0 bridgehead atoms. The molecule has 0 spiro atoms. The number of halogens is 2. The Balaban J connectivity index is 2.27. The van der Waals surface area contributed by atoms with E-state index in [4.69, 9.17) is 16.7 Å². The van der Waals surface area contributed by atoms with Crippen LogP contribution in [0.4, 0.5) is 4.39 Å². The minimum Gasteiger partial charge on any atom is -0.392 e. The fraction of sp³-hybridized carbons (Fsp3) is 0.182. The summed E-state index contributed by atoms with van der Waals surface area (Å²) in [6.45, 7) is 0.0849. The van der Waals surface area contributed by atoms with E-state index in [0.717, 1.165) is 0 Å². The predicted molar refractivity (Wildman–Crippen MR) is 58.7 cm³/mol. The van der Waals surface area contributed by atoms with Gasteiger partial charge in [0.25, 0.3) is 0 Å². The fourth-order valence-electron chi connectivity index (χ4n) is 1.41. The van der Waals surface area contributed by atoms with Crippen molar-refractivity contribution in [1.82, 2.24) is 9.78 Å². The molecule has 84 valence electrons. The largest absolute Gasteiger partial charge is 0.392 e. The van der Waals surface area contributed by atoms with Crippen LogP contribution in [0, 0.1) is 5.82 Å². The zero-order valence-corrected chi connectivity index (χ0v) is 9.15. The second-order valence-electron chi connectivity index (χ2n) is 3.37. The van der Waals surface area contributed by atoms with E-state index < -0.39 is 0 Å². The van der Waals surface area contributed by atoms with Crippen molar-refractivity contribution in [2.75, 3.05) is 0 Å². The van der Waals surface area contributed by atoms with Crippen LogP contribution in [-0.4, -0.2) is 14.9 Å². The molecule has 2 rings (SSSR count). The van der Waals surface area contributed by atoms with E-state index in [1.807, 2.05) is 0 Å². The van der Waals surface area contributed by atoms with Crippen LogP contribution in [0.25, 0.3) is 0 Å². The summed E-state index contributed by atoms with van der Waals surface area (Å²) in [5.41, 5.74) is 1.05. The van der Waals surface area contributed by atoms with Gasteiger partial charge in [-0.1, -0.05) is 29.8 Å². The first-order chi connectivity index (χ1) is 7.72. The first-order valence-corrected chi connectivity index (χ1v) is 5.14. The van der Waals surface area contributed by atoms with Crippen LogP contribution < -0.4 is 0 Å². The molecule has 1 aromatic heterocycles. The van der Waals surface area contributed by atoms with E-state index in [1.54, 1.807) is 18.2 Å². The molecule has 0 amide bonds. The topological polar surface area (TPSA) is 38.1 Å². The molecular weight excluding hydrogens is 231 g/mol. The Labute approximate surface area is 97.1 Å². The number of aromatic nitrogens is 2. The number of aliphatic hydroxyl groups is 1. The van der Waals surface area contributed by atoms with Crippen LogP contribution in [-0.2, 0) is 13.2 Å². The second kappa shape index (κ2) is 4.63. The minimum absolute atomic E-state index is 0.171. The van der Waals surface area contributed by atoms with Gasteiger partial charge in [-0.3, -0.25) is 0 Å². The van der Waals surface area contributed by atoms with Crippen LogP contribution >= 0.6 is 11.6 Å². The second-order valence-corrected chi connectivity index (χ2v) is 3.73. The Morgan fingerprint density at radius 2 is 2.06 bits per heavy atom. The van der Waals surface area contributed by atoms with E-state index >= 15 is 0 Å². The molecule has 1 heterocycles. The van der Waals surface area contributed by atoms with E-state index in [9.17, 15) is 4.39 Å². The van der Waals surface area contributed by atoms with Crippen LogP contribution in [0.2, 0.25) is 5.15 Å². The number of rotatable bonds is 3. The van der Waals surface area contributed by atoms with E-state index in [-0.39, 0.29) is 19.0 Å². The lowest BCUT2D eigenvalue weighted by molar-refractivity contribution is 0.282. The van der Waals surface area contributed by atoms with Crippen LogP contribution in [0.3, 0.4) is 0 Å². The Morgan fingerprint density at radius 3 is 2.69 bits per heavy atom. The van der Waals surface area contributed by atoms with E-state index in [0.29, 0.717) is 16.3 Å². The van der Waals surface area contributed by atoms with Gasteiger partial charge in [0.1, 0.15) is 11.0 Å². The van der Waals surface area contributed by atoms with Crippen molar-refractivity contribution in [2.45, 2.75) is 13.2 Å². The Morgan fingerprint density at radius 1 is 1.31 bits per heavy atom. The van der Waals surface area contributed by atoms with Gasteiger partial charge in [0.15, 0.2) is 0 Å². The van der Waals surface area contributed by atoms with Crippen molar-refractivity contribution in [3.8, 4) is 0 Å². The summed E-state index contributed by atoms with van der Waals surface area (Å²) < 4.78 is 14.8. The van der Waals surface area contributed by atoms with Crippen molar-refractivity contribution in [3.05, 3.63) is 52.6 Å². The van der Waals surface area contributed by atoms with E-state index in [1.165, 1.54) is 16.9 Å². The third kappa shape index (κ3) is 2.08. The monoisotopic (exact) mass is 240 g/mol. The highest BCUT2D eigenvalue weighted by Crippen LogP contribution is 2.17. The van der Waals surface area contributed by atoms with Gasteiger partial charge in [-0.25, -0.2) is 9.07 Å². The Kier molecular flexibility index (Phi) is 3.22. The molecule has 0 radical (unpaired) electrons. The molecule has 2 aromatic rings. The standard InChI is InChI=1S/C11H10ClFN2O/c12-11-9(7-16)5-14-15(11)6-8-3-1-2-4-10(8)13/h1-5,16H,6-7H2. The molecule has 0 saturated heterocycles. The van der Waals surface area contributed by atoms with Gasteiger partial charge in [0, 0.05) is 11.1 Å². The quantitative estimate of drug-likeness (QED) is 0.893. The van der Waals surface area contributed by atoms with Crippen molar-refractivity contribution in [3.63, 3.8) is 0 Å². The smallest absolute Gasteiger partial charge is 0.132 e. The third-order valence-electron chi connectivity index (χ3n) is 2.29. The third-order valence-corrected chi connectivity index (χ3v) is 2.73. The van der Waals surface area contributed by atoms with Crippen LogP contribution in [0.1, 0.15) is 11.1 Å². The van der Waals surface area contributed by atoms with Gasteiger partial charge in [-0.2, -0.15) is 5.10 Å². The summed E-state index contributed by atoms with van der Waals surface area (Å²) >= 11 is 5.94. The molecule has 3 nitrogen and oxygen atoms in total. The first-order valence-electron chi connectivity index (χ1n) is 4.77. The number of benzene rings is 1. The number of hydrogen-bond acceptors (Lipinski definition) is 2. The predicted octanol–water partition coefficient (Wildman–Crippen LogP) is 2.22. The minimum atomic E-state index is -0.292. The summed E-state index contributed by atoms with van der Waals surface area (Å²) in [5.74, 6) is -0.292. The highest BCUT2D eigenvalue weighted by Gasteiger charge is 2.09. The summed E-state index contributed by atoms with van der Waals surface area (Å²) in [4.78, 5) is 0. The van der Waals surface area contributed by atoms with Crippen LogP contribution in [0.15, 0.2) is 30.5 Å². The summed E-state index contributed by atoms with van der Waals surface area (Å²) in [5, 5.41) is 13.3.